The van der Waals surface area contributed by atoms with E-state index in [1.807, 2.05) is 0 Å². The van der Waals surface area contributed by atoms with Crippen LogP contribution in [-0.2, 0) is 11.2 Å². The smallest absolute Gasteiger partial charge is 0.335 e. The van der Waals surface area contributed by atoms with Crippen LogP contribution in [0.2, 0.25) is 0 Å². The number of carbonyl (C=O) groups is 3. The van der Waals surface area contributed by atoms with Crippen molar-refractivity contribution in [3.8, 4) is 5.75 Å². The number of nitrogens with one attached hydrogen (secondary N) is 2. The molecule has 4 rings (SSSR count). The van der Waals surface area contributed by atoms with Gasteiger partial charge in [0, 0.05) is 23.7 Å². The summed E-state index contributed by atoms with van der Waals surface area (Å²) in [5.41, 5.74) is 0.718. The first kappa shape index (κ1) is 27.5. The van der Waals surface area contributed by atoms with E-state index in [4.69, 9.17) is 9.84 Å². The summed E-state index contributed by atoms with van der Waals surface area (Å²) in [5, 5.41) is 13.8. The van der Waals surface area contributed by atoms with Crippen molar-refractivity contribution < 1.29 is 37.4 Å². The number of anilines is 2. The summed E-state index contributed by atoms with van der Waals surface area (Å²) in [6.07, 6.45) is -1.82. The first-order valence-electron chi connectivity index (χ1n) is 12.1. The van der Waals surface area contributed by atoms with Gasteiger partial charge < -0.3 is 25.4 Å². The van der Waals surface area contributed by atoms with Crippen LogP contribution >= 0.6 is 0 Å². The predicted molar refractivity (Wildman–Crippen MR) is 138 cm³/mol. The standard InChI is InChI=1S/C28H26F3N3O5/c1-16-4-2-3-5-24(16)32-28(38)33-25-13-22(30)18(10-23(25)31)11-26(35)34-14-19(29)12-20(34)15-39-21-8-6-17(7-9-21)27(36)37/h2-10,13,19-20H,11-12,14-15H2,1H3,(H,36,37)(H2,32,33,38)/t19-,20-/m0/s1. The fraction of sp³-hybridized carbons (Fsp3) is 0.250. The summed E-state index contributed by atoms with van der Waals surface area (Å²) in [7, 11) is 0. The Balaban J connectivity index is 1.38. The maximum Gasteiger partial charge on any atom is 0.335 e. The van der Waals surface area contributed by atoms with Crippen molar-refractivity contribution in [1.29, 1.82) is 0 Å². The zero-order chi connectivity index (χ0) is 28.1. The number of hydrogen-bond donors (Lipinski definition) is 3. The van der Waals surface area contributed by atoms with Crippen LogP contribution in [0.3, 0.4) is 0 Å². The third-order valence-corrected chi connectivity index (χ3v) is 6.35. The van der Waals surface area contributed by atoms with Crippen LogP contribution in [-0.4, -0.2) is 53.3 Å². The Labute approximate surface area is 222 Å². The molecule has 1 aliphatic heterocycles. The Bertz CT molecular complexity index is 1380. The van der Waals surface area contributed by atoms with E-state index in [0.29, 0.717) is 11.4 Å². The molecule has 0 spiro atoms. The molecule has 0 radical (unpaired) electrons. The van der Waals surface area contributed by atoms with Crippen molar-refractivity contribution in [3.63, 3.8) is 0 Å². The molecule has 8 nitrogen and oxygen atoms in total. The first-order valence-corrected chi connectivity index (χ1v) is 12.1. The highest BCUT2D eigenvalue weighted by molar-refractivity contribution is 6.00. The van der Waals surface area contributed by atoms with Gasteiger partial charge in [-0.1, -0.05) is 18.2 Å². The summed E-state index contributed by atoms with van der Waals surface area (Å²) in [4.78, 5) is 37.4. The number of aryl methyl sites for hydroxylation is 1. The van der Waals surface area contributed by atoms with Gasteiger partial charge in [-0.05, 0) is 48.9 Å². The first-order chi connectivity index (χ1) is 18.6. The molecular formula is C28H26F3N3O5. The van der Waals surface area contributed by atoms with E-state index in [1.54, 1.807) is 31.2 Å². The van der Waals surface area contributed by atoms with E-state index in [0.717, 1.165) is 17.7 Å². The molecular weight excluding hydrogens is 515 g/mol. The molecule has 2 atom stereocenters. The fourth-order valence-corrected chi connectivity index (χ4v) is 4.28. The minimum Gasteiger partial charge on any atom is -0.491 e. The molecule has 1 aliphatic rings. The average molecular weight is 542 g/mol. The maximum atomic E-state index is 14.8. The minimum atomic E-state index is -1.31. The lowest BCUT2D eigenvalue weighted by Gasteiger charge is -2.24. The van der Waals surface area contributed by atoms with E-state index >= 15 is 0 Å². The molecule has 0 unspecified atom stereocenters. The predicted octanol–water partition coefficient (Wildman–Crippen LogP) is 5.18. The summed E-state index contributed by atoms with van der Waals surface area (Å²) >= 11 is 0. The lowest BCUT2D eigenvalue weighted by molar-refractivity contribution is -0.132. The number of amides is 3. The van der Waals surface area contributed by atoms with Gasteiger partial charge in [-0.15, -0.1) is 0 Å². The third-order valence-electron chi connectivity index (χ3n) is 6.35. The Morgan fingerprint density at radius 3 is 2.38 bits per heavy atom. The van der Waals surface area contributed by atoms with Crippen LogP contribution in [0.25, 0.3) is 0 Å². The fourth-order valence-electron chi connectivity index (χ4n) is 4.28. The van der Waals surface area contributed by atoms with Crippen LogP contribution in [0.15, 0.2) is 60.7 Å². The molecule has 3 aromatic carbocycles. The number of carbonyl (C=O) groups excluding carboxylic acids is 2. The van der Waals surface area contributed by atoms with Gasteiger partial charge in [-0.2, -0.15) is 0 Å². The van der Waals surface area contributed by atoms with Crippen LogP contribution < -0.4 is 15.4 Å². The summed E-state index contributed by atoms with van der Waals surface area (Å²) in [5.74, 6) is -3.20. The van der Waals surface area contributed by atoms with Gasteiger partial charge in [0.25, 0.3) is 0 Å². The molecule has 0 aromatic heterocycles. The molecule has 3 aromatic rings. The van der Waals surface area contributed by atoms with Crippen molar-refractivity contribution >= 4 is 29.3 Å². The number of hydrogen-bond acceptors (Lipinski definition) is 4. The molecule has 1 saturated heterocycles. The van der Waals surface area contributed by atoms with Crippen molar-refractivity contribution in [2.24, 2.45) is 0 Å². The molecule has 11 heteroatoms. The third kappa shape index (κ3) is 6.86. The number of nitrogens with zero attached hydrogens (tertiary/aromatic N) is 1. The number of halogens is 3. The van der Waals surface area contributed by atoms with Crippen molar-refractivity contribution in [2.45, 2.75) is 32.0 Å². The van der Waals surface area contributed by atoms with Gasteiger partial charge in [0.05, 0.1) is 30.3 Å². The quantitative estimate of drug-likeness (QED) is 0.365. The van der Waals surface area contributed by atoms with Gasteiger partial charge >= 0.3 is 12.0 Å². The van der Waals surface area contributed by atoms with Crippen LogP contribution in [0.4, 0.5) is 29.3 Å². The number of aromatic carboxylic acids is 1. The van der Waals surface area contributed by atoms with Gasteiger partial charge in [-0.25, -0.2) is 22.8 Å². The number of ether oxygens (including phenoxy) is 1. The van der Waals surface area contributed by atoms with Gasteiger partial charge in [0.15, 0.2) is 0 Å². The number of para-hydroxylation sites is 1. The number of carboxylic acids is 1. The number of benzene rings is 3. The van der Waals surface area contributed by atoms with Crippen LogP contribution in [0.1, 0.15) is 27.9 Å². The Hall–Kier alpha value is -4.54. The van der Waals surface area contributed by atoms with Gasteiger partial charge in [-0.3, -0.25) is 4.79 Å². The van der Waals surface area contributed by atoms with Crippen LogP contribution in [0, 0.1) is 18.6 Å². The monoisotopic (exact) mass is 541 g/mol. The molecule has 0 saturated carbocycles. The topological polar surface area (TPSA) is 108 Å². The molecule has 0 aliphatic carbocycles. The number of rotatable bonds is 8. The Morgan fingerprint density at radius 1 is 1.00 bits per heavy atom. The summed E-state index contributed by atoms with van der Waals surface area (Å²) in [6, 6.07) is 12.8. The van der Waals surface area contributed by atoms with Crippen LogP contribution in [0.5, 0.6) is 5.75 Å². The molecule has 0 bridgehead atoms. The number of likely N-dealkylation sites (tertiary alicyclic amines) is 1. The largest absolute Gasteiger partial charge is 0.491 e. The van der Waals surface area contributed by atoms with E-state index in [9.17, 15) is 27.6 Å². The molecule has 3 amide bonds. The second kappa shape index (κ2) is 11.9. The second-order valence-corrected chi connectivity index (χ2v) is 9.17. The van der Waals surface area contributed by atoms with Gasteiger partial charge in [0.2, 0.25) is 5.91 Å². The zero-order valence-electron chi connectivity index (χ0n) is 20.9. The summed E-state index contributed by atoms with van der Waals surface area (Å²) in [6.45, 7) is 1.50. The maximum absolute atomic E-state index is 14.8. The highest BCUT2D eigenvalue weighted by atomic mass is 19.1. The molecule has 1 heterocycles. The average Bonchev–Trinajstić information content (AvgIpc) is 3.28. The van der Waals surface area contributed by atoms with E-state index in [-0.39, 0.29) is 30.7 Å². The number of urea groups is 1. The van der Waals surface area contributed by atoms with Gasteiger partial charge in [0.1, 0.15) is 30.2 Å². The van der Waals surface area contributed by atoms with E-state index in [1.165, 1.54) is 29.2 Å². The lowest BCUT2D eigenvalue weighted by atomic mass is 10.1. The number of carboxylic acid groups (broad SMARTS) is 1. The molecule has 39 heavy (non-hydrogen) atoms. The summed E-state index contributed by atoms with van der Waals surface area (Å²) < 4.78 is 49.3. The Morgan fingerprint density at radius 2 is 1.69 bits per heavy atom. The lowest BCUT2D eigenvalue weighted by Crippen LogP contribution is -2.40. The van der Waals surface area contributed by atoms with Crippen molar-refractivity contribution in [2.75, 3.05) is 23.8 Å². The molecule has 204 valence electrons. The zero-order valence-corrected chi connectivity index (χ0v) is 20.9. The highest BCUT2D eigenvalue weighted by Crippen LogP contribution is 2.26. The molecule has 1 fully saturated rings. The van der Waals surface area contributed by atoms with E-state index < -0.39 is 53.9 Å². The highest BCUT2D eigenvalue weighted by Gasteiger charge is 2.36. The second-order valence-electron chi connectivity index (χ2n) is 9.17. The van der Waals surface area contributed by atoms with E-state index in [2.05, 4.69) is 10.6 Å². The Kier molecular flexibility index (Phi) is 8.38. The van der Waals surface area contributed by atoms with Crippen molar-refractivity contribution in [3.05, 3.63) is 89.0 Å². The molecule has 3 N–H and O–H groups in total. The number of alkyl halides is 1. The minimum absolute atomic E-state index is 0.00858. The normalized spacial score (nSPS) is 16.6. The van der Waals surface area contributed by atoms with Crippen molar-refractivity contribution in [1.82, 2.24) is 4.90 Å². The SMILES string of the molecule is Cc1ccccc1NC(=O)Nc1cc(F)c(CC(=O)N2C[C@@H](F)C[C@H]2COc2ccc(C(=O)O)cc2)cc1F.